The molecule has 2 unspecified atom stereocenters. The second kappa shape index (κ2) is 8.19. The number of ketones is 1. The van der Waals surface area contributed by atoms with E-state index in [0.29, 0.717) is 18.6 Å². The first-order chi connectivity index (χ1) is 11.7. The average Bonchev–Trinajstić information content (AvgIpc) is 2.74. The molecule has 126 valence electrons. The molecule has 2 nitrogen and oxygen atoms in total. The van der Waals surface area contributed by atoms with Gasteiger partial charge < -0.3 is 5.11 Å². The third kappa shape index (κ3) is 4.02. The highest BCUT2D eigenvalue weighted by Gasteiger charge is 2.31. The zero-order valence-corrected chi connectivity index (χ0v) is 15.0. The van der Waals surface area contributed by atoms with Crippen LogP contribution in [0.5, 0.6) is 0 Å². The zero-order valence-electron chi connectivity index (χ0n) is 13.5. The first kappa shape index (κ1) is 17.5. The lowest BCUT2D eigenvalue weighted by Gasteiger charge is -2.21. The molecule has 1 aliphatic carbocycles. The molecule has 2 aromatic carbocycles. The Morgan fingerprint density at radius 1 is 1.17 bits per heavy atom. The summed E-state index contributed by atoms with van der Waals surface area (Å²) >= 11 is 7.75. The number of benzene rings is 2. The van der Waals surface area contributed by atoms with E-state index in [9.17, 15) is 9.90 Å². The zero-order chi connectivity index (χ0) is 16.9. The normalized spacial score (nSPS) is 20.2. The maximum Gasteiger partial charge on any atom is 0.143 e. The number of thioether (sulfide) groups is 1. The Bertz CT molecular complexity index is 716. The number of carbonyl (C=O) groups excluding carboxylic acids is 1. The summed E-state index contributed by atoms with van der Waals surface area (Å²) in [4.78, 5) is 13.8. The summed E-state index contributed by atoms with van der Waals surface area (Å²) in [5.74, 6) is 0.403. The summed E-state index contributed by atoms with van der Waals surface area (Å²) in [5.41, 5.74) is 2.21. The smallest absolute Gasteiger partial charge is 0.143 e. The van der Waals surface area contributed by atoms with Crippen molar-refractivity contribution in [2.75, 3.05) is 5.75 Å². The fourth-order valence-corrected chi connectivity index (χ4v) is 4.51. The van der Waals surface area contributed by atoms with E-state index in [0.717, 1.165) is 28.3 Å². The molecule has 1 N–H and O–H groups in total. The number of halogens is 1. The van der Waals surface area contributed by atoms with E-state index in [1.165, 1.54) is 5.56 Å². The van der Waals surface area contributed by atoms with E-state index in [1.807, 2.05) is 42.5 Å². The minimum Gasteiger partial charge on any atom is -0.392 e. The second-order valence-corrected chi connectivity index (χ2v) is 7.68. The summed E-state index contributed by atoms with van der Waals surface area (Å²) < 4.78 is 0. The monoisotopic (exact) mass is 360 g/mol. The number of Topliss-reactive ketones (excluding diaryl/α,β-unsaturated/α-hetero) is 1. The number of aliphatic hydroxyl groups is 1. The number of aryl methyl sites for hydroxylation is 1. The van der Waals surface area contributed by atoms with Crippen LogP contribution in [0, 0.1) is 0 Å². The SMILES string of the molecule is O=C(CCSc1ccccc1Cl)C1c2ccccc2CCCC1O. The van der Waals surface area contributed by atoms with Gasteiger partial charge in [-0.3, -0.25) is 4.79 Å². The van der Waals surface area contributed by atoms with Crippen molar-refractivity contribution >= 4 is 29.1 Å². The fraction of sp³-hybridized carbons (Fsp3) is 0.350. The van der Waals surface area contributed by atoms with Crippen molar-refractivity contribution < 1.29 is 9.90 Å². The number of hydrogen-bond acceptors (Lipinski definition) is 3. The van der Waals surface area contributed by atoms with Gasteiger partial charge in [0.05, 0.1) is 17.0 Å². The van der Waals surface area contributed by atoms with Gasteiger partial charge in [0.1, 0.15) is 5.78 Å². The molecule has 0 saturated carbocycles. The maximum atomic E-state index is 12.8. The van der Waals surface area contributed by atoms with Crippen LogP contribution in [0.15, 0.2) is 53.4 Å². The van der Waals surface area contributed by atoms with Crippen molar-refractivity contribution in [3.05, 3.63) is 64.7 Å². The van der Waals surface area contributed by atoms with Crippen LogP contribution >= 0.6 is 23.4 Å². The number of aliphatic hydroxyl groups excluding tert-OH is 1. The second-order valence-electron chi connectivity index (χ2n) is 6.13. The number of carbonyl (C=O) groups is 1. The van der Waals surface area contributed by atoms with Gasteiger partial charge in [0.25, 0.3) is 0 Å². The van der Waals surface area contributed by atoms with Gasteiger partial charge in [0.15, 0.2) is 0 Å². The number of rotatable bonds is 5. The third-order valence-electron chi connectivity index (χ3n) is 4.51. The van der Waals surface area contributed by atoms with Gasteiger partial charge in [-0.1, -0.05) is 48.0 Å². The highest BCUT2D eigenvalue weighted by molar-refractivity contribution is 7.99. The highest BCUT2D eigenvalue weighted by Crippen LogP contribution is 2.33. The molecule has 2 atom stereocenters. The lowest BCUT2D eigenvalue weighted by molar-refractivity contribution is -0.122. The van der Waals surface area contributed by atoms with Crippen molar-refractivity contribution in [1.82, 2.24) is 0 Å². The Kier molecular flexibility index (Phi) is 5.99. The molecule has 0 fully saturated rings. The molecular formula is C20H21ClO2S. The van der Waals surface area contributed by atoms with Gasteiger partial charge in [-0.05, 0) is 42.5 Å². The van der Waals surface area contributed by atoms with E-state index in [-0.39, 0.29) is 5.78 Å². The Balaban J connectivity index is 1.68. The predicted octanol–water partition coefficient (Wildman–Crippen LogP) is 4.87. The quantitative estimate of drug-likeness (QED) is 0.610. The Hall–Kier alpha value is -1.29. The summed E-state index contributed by atoms with van der Waals surface area (Å²) in [6.07, 6.45) is 2.41. The van der Waals surface area contributed by atoms with Crippen molar-refractivity contribution in [3.63, 3.8) is 0 Å². The van der Waals surface area contributed by atoms with E-state index in [1.54, 1.807) is 11.8 Å². The van der Waals surface area contributed by atoms with Crippen molar-refractivity contribution in [2.45, 2.75) is 42.6 Å². The average molecular weight is 361 g/mol. The molecular weight excluding hydrogens is 340 g/mol. The first-order valence-electron chi connectivity index (χ1n) is 8.32. The molecule has 0 aliphatic heterocycles. The highest BCUT2D eigenvalue weighted by atomic mass is 35.5. The topological polar surface area (TPSA) is 37.3 Å². The minimum atomic E-state index is -0.577. The number of hydrogen-bond donors (Lipinski definition) is 1. The Morgan fingerprint density at radius 2 is 1.92 bits per heavy atom. The van der Waals surface area contributed by atoms with Gasteiger partial charge in [-0.15, -0.1) is 11.8 Å². The number of fused-ring (bicyclic) bond motifs is 1. The summed E-state index contributed by atoms with van der Waals surface area (Å²) in [6, 6.07) is 15.7. The summed E-state index contributed by atoms with van der Waals surface area (Å²) in [5, 5.41) is 11.2. The molecule has 0 radical (unpaired) electrons. The Morgan fingerprint density at radius 3 is 2.75 bits per heavy atom. The molecule has 24 heavy (non-hydrogen) atoms. The van der Waals surface area contributed by atoms with Gasteiger partial charge in [0.2, 0.25) is 0 Å². The van der Waals surface area contributed by atoms with Crippen LogP contribution in [0.1, 0.15) is 36.3 Å². The van der Waals surface area contributed by atoms with Gasteiger partial charge >= 0.3 is 0 Å². The minimum absolute atomic E-state index is 0.122. The van der Waals surface area contributed by atoms with Gasteiger partial charge in [0, 0.05) is 17.1 Å². The molecule has 0 spiro atoms. The van der Waals surface area contributed by atoms with Crippen LogP contribution in [0.3, 0.4) is 0 Å². The first-order valence-corrected chi connectivity index (χ1v) is 9.69. The summed E-state index contributed by atoms with van der Waals surface area (Å²) in [6.45, 7) is 0. The van der Waals surface area contributed by atoms with Crippen LogP contribution in [0.2, 0.25) is 5.02 Å². The molecule has 4 heteroatoms. The van der Waals surface area contributed by atoms with E-state index < -0.39 is 12.0 Å². The van der Waals surface area contributed by atoms with Crippen LogP contribution in [0.4, 0.5) is 0 Å². The van der Waals surface area contributed by atoms with Crippen LogP contribution in [-0.4, -0.2) is 22.7 Å². The van der Waals surface area contributed by atoms with Gasteiger partial charge in [-0.25, -0.2) is 0 Å². The standard InChI is InChI=1S/C20H21ClO2S/c21-16-9-3-4-11-19(16)24-13-12-18(23)20-15-8-2-1-6-14(15)7-5-10-17(20)22/h1-4,6,8-9,11,17,20,22H,5,7,10,12-13H2. The molecule has 0 amide bonds. The third-order valence-corrected chi connectivity index (χ3v) is 6.03. The molecule has 0 bridgehead atoms. The van der Waals surface area contributed by atoms with E-state index in [2.05, 4.69) is 6.07 Å². The van der Waals surface area contributed by atoms with Crippen LogP contribution in [0.25, 0.3) is 0 Å². The lowest BCUT2D eigenvalue weighted by Crippen LogP contribution is -2.26. The molecule has 0 saturated heterocycles. The van der Waals surface area contributed by atoms with E-state index >= 15 is 0 Å². The maximum absolute atomic E-state index is 12.8. The van der Waals surface area contributed by atoms with Crippen molar-refractivity contribution in [2.24, 2.45) is 0 Å². The fourth-order valence-electron chi connectivity index (χ4n) is 3.31. The van der Waals surface area contributed by atoms with Crippen LogP contribution in [-0.2, 0) is 11.2 Å². The Labute approximate surface area is 152 Å². The van der Waals surface area contributed by atoms with Crippen molar-refractivity contribution in [3.8, 4) is 0 Å². The largest absolute Gasteiger partial charge is 0.392 e. The summed E-state index contributed by atoms with van der Waals surface area (Å²) in [7, 11) is 0. The molecule has 2 aromatic rings. The molecule has 0 aromatic heterocycles. The molecule has 3 rings (SSSR count). The molecule has 0 heterocycles. The van der Waals surface area contributed by atoms with Crippen LogP contribution < -0.4 is 0 Å². The lowest BCUT2D eigenvalue weighted by atomic mass is 9.86. The van der Waals surface area contributed by atoms with Crippen molar-refractivity contribution in [1.29, 1.82) is 0 Å². The van der Waals surface area contributed by atoms with E-state index in [4.69, 9.17) is 11.6 Å². The van der Waals surface area contributed by atoms with Gasteiger partial charge in [-0.2, -0.15) is 0 Å². The predicted molar refractivity (Wildman–Crippen MR) is 99.9 cm³/mol. The molecule has 1 aliphatic rings.